The predicted molar refractivity (Wildman–Crippen MR) is 128 cm³/mol. The van der Waals surface area contributed by atoms with E-state index in [0.29, 0.717) is 39.1 Å². The molecule has 32 heavy (non-hydrogen) atoms. The van der Waals surface area contributed by atoms with Crippen LogP contribution < -0.4 is 10.1 Å². The lowest BCUT2D eigenvalue weighted by atomic mass is 9.77. The largest absolute Gasteiger partial charge is 0.487 e. The third kappa shape index (κ3) is 2.90. The van der Waals surface area contributed by atoms with Gasteiger partial charge in [0, 0.05) is 28.8 Å². The molecule has 5 rings (SSSR count). The second kappa shape index (κ2) is 7.97. The number of para-hydroxylation sites is 1. The van der Waals surface area contributed by atoms with Gasteiger partial charge >= 0.3 is 0 Å². The van der Waals surface area contributed by atoms with Crippen molar-refractivity contribution in [3.63, 3.8) is 0 Å². The molecular formula is C23H21Br2N3O4. The van der Waals surface area contributed by atoms with E-state index in [2.05, 4.69) is 48.7 Å². The molecule has 0 radical (unpaired) electrons. The van der Waals surface area contributed by atoms with Gasteiger partial charge in [0.25, 0.3) is 11.9 Å². The van der Waals surface area contributed by atoms with Gasteiger partial charge in [-0.05, 0) is 68.5 Å². The predicted octanol–water partition coefficient (Wildman–Crippen LogP) is 4.83. The molecule has 3 heterocycles. The van der Waals surface area contributed by atoms with Gasteiger partial charge in [-0.25, -0.2) is 0 Å². The molecule has 2 aromatic rings. The molecule has 0 aliphatic carbocycles. The number of benzene rings is 2. The van der Waals surface area contributed by atoms with Crippen LogP contribution in [0.5, 0.6) is 5.75 Å². The molecule has 3 aliphatic rings. The summed E-state index contributed by atoms with van der Waals surface area (Å²) < 4.78 is 7.13. The molecule has 3 aliphatic heterocycles. The number of halogens is 2. The maximum absolute atomic E-state index is 13.5. The summed E-state index contributed by atoms with van der Waals surface area (Å²) in [6.07, 6.45) is 3.35. The number of nitrogens with one attached hydrogen (secondary N) is 1. The Balaban J connectivity index is 1.69. The van der Waals surface area contributed by atoms with Crippen molar-refractivity contribution in [3.05, 3.63) is 79.2 Å². The fourth-order valence-electron chi connectivity index (χ4n) is 5.83. The fraction of sp³-hybridized carbons (Fsp3) is 0.348. The molecule has 7 nitrogen and oxygen atoms in total. The summed E-state index contributed by atoms with van der Waals surface area (Å²) in [6.45, 7) is 4.66. The fourth-order valence-corrected chi connectivity index (χ4v) is 7.28. The highest BCUT2D eigenvalue weighted by molar-refractivity contribution is 9.11. The minimum absolute atomic E-state index is 0.110. The molecule has 0 unspecified atom stereocenters. The number of anilines is 1. The quantitative estimate of drug-likeness (QED) is 0.320. The molecule has 1 spiro atoms. The number of amides is 1. The second-order valence-electron chi connectivity index (χ2n) is 8.34. The van der Waals surface area contributed by atoms with E-state index in [1.807, 2.05) is 36.4 Å². The van der Waals surface area contributed by atoms with Gasteiger partial charge in [0.1, 0.15) is 12.4 Å². The van der Waals surface area contributed by atoms with Crippen molar-refractivity contribution in [2.75, 3.05) is 18.5 Å². The summed E-state index contributed by atoms with van der Waals surface area (Å²) in [6, 6.07) is 9.89. The first kappa shape index (κ1) is 21.6. The maximum Gasteiger partial charge on any atom is 0.256 e. The zero-order valence-electron chi connectivity index (χ0n) is 17.1. The molecule has 0 aromatic heterocycles. The molecule has 1 N–H and O–H groups in total. The van der Waals surface area contributed by atoms with E-state index in [9.17, 15) is 14.9 Å². The average molecular weight is 563 g/mol. The highest BCUT2D eigenvalue weighted by Crippen LogP contribution is 2.58. The highest BCUT2D eigenvalue weighted by atomic mass is 79.9. The minimum Gasteiger partial charge on any atom is -0.487 e. The lowest BCUT2D eigenvalue weighted by Crippen LogP contribution is -2.55. The summed E-state index contributed by atoms with van der Waals surface area (Å²) in [7, 11) is 0. The van der Waals surface area contributed by atoms with Crippen molar-refractivity contribution >= 4 is 43.5 Å². The van der Waals surface area contributed by atoms with Crippen LogP contribution in [-0.4, -0.2) is 41.0 Å². The van der Waals surface area contributed by atoms with Gasteiger partial charge in [-0.15, -0.1) is 0 Å². The molecule has 0 saturated carbocycles. The van der Waals surface area contributed by atoms with Crippen molar-refractivity contribution in [1.82, 2.24) is 4.90 Å². The number of rotatable bonds is 5. The summed E-state index contributed by atoms with van der Waals surface area (Å²) in [5.74, 6) is -0.143. The highest BCUT2D eigenvalue weighted by Gasteiger charge is 2.73. The van der Waals surface area contributed by atoms with E-state index in [1.165, 1.54) is 0 Å². The van der Waals surface area contributed by atoms with Crippen LogP contribution in [0.25, 0.3) is 0 Å². The lowest BCUT2D eigenvalue weighted by molar-refractivity contribution is -0.534. The Morgan fingerprint density at radius 2 is 2.03 bits per heavy atom. The average Bonchev–Trinajstić information content (AvgIpc) is 3.41. The number of ether oxygens (including phenoxy) is 1. The number of carbonyl (C=O) groups is 1. The molecule has 166 valence electrons. The third-order valence-electron chi connectivity index (χ3n) is 6.85. The van der Waals surface area contributed by atoms with E-state index in [1.54, 1.807) is 6.08 Å². The zero-order valence-corrected chi connectivity index (χ0v) is 20.3. The van der Waals surface area contributed by atoms with Crippen LogP contribution in [0, 0.1) is 10.1 Å². The van der Waals surface area contributed by atoms with Gasteiger partial charge in [0.05, 0.1) is 14.9 Å². The number of nitrogens with zero attached hydrogens (tertiary/aromatic N) is 2. The smallest absolute Gasteiger partial charge is 0.256 e. The molecule has 2 fully saturated rings. The summed E-state index contributed by atoms with van der Waals surface area (Å²) >= 11 is 7.13. The van der Waals surface area contributed by atoms with Gasteiger partial charge in [0.15, 0.2) is 5.54 Å². The van der Waals surface area contributed by atoms with Crippen LogP contribution in [0.3, 0.4) is 0 Å². The minimum atomic E-state index is -1.32. The molecule has 4 atom stereocenters. The Hall–Kier alpha value is -2.23. The van der Waals surface area contributed by atoms with Crippen molar-refractivity contribution in [2.45, 2.75) is 36.4 Å². The van der Waals surface area contributed by atoms with Crippen LogP contribution in [0.15, 0.2) is 58.0 Å². The number of hydrogen-bond acceptors (Lipinski definition) is 5. The van der Waals surface area contributed by atoms with Gasteiger partial charge in [0.2, 0.25) is 0 Å². The van der Waals surface area contributed by atoms with Gasteiger partial charge in [-0.2, -0.15) is 0 Å². The Labute approximate surface area is 202 Å². The molecule has 2 aromatic carbocycles. The van der Waals surface area contributed by atoms with E-state index in [-0.39, 0.29) is 16.9 Å². The van der Waals surface area contributed by atoms with E-state index in [0.717, 1.165) is 18.4 Å². The Kier molecular flexibility index (Phi) is 5.38. The first-order valence-corrected chi connectivity index (χ1v) is 12.0. The van der Waals surface area contributed by atoms with Crippen molar-refractivity contribution < 1.29 is 14.5 Å². The van der Waals surface area contributed by atoms with Crippen LogP contribution in [-0.2, 0) is 10.3 Å². The maximum atomic E-state index is 13.5. The SMILES string of the molecule is C=CCOc1c(Br)cc([C@@H]2[C@@H]3CCCN3[C@]3(C(=O)Nc4ccccc43)[C@@H]2[N+](=O)[O-])cc1Br. The molecule has 1 amide bonds. The summed E-state index contributed by atoms with van der Waals surface area (Å²) in [4.78, 5) is 28.0. The van der Waals surface area contributed by atoms with E-state index in [4.69, 9.17) is 4.74 Å². The lowest BCUT2D eigenvalue weighted by Gasteiger charge is -2.32. The normalized spacial score (nSPS) is 28.4. The Morgan fingerprint density at radius 1 is 1.31 bits per heavy atom. The number of fused-ring (bicyclic) bond motifs is 4. The Bertz CT molecular complexity index is 1120. The van der Waals surface area contributed by atoms with Crippen LogP contribution >= 0.6 is 31.9 Å². The standard InChI is InChI=1S/C23H21Br2N3O4/c1-2-10-32-20-15(24)11-13(12-16(20)25)19-18-8-5-9-27(18)23(21(19)28(30)31)14-6-3-4-7-17(14)26-22(23)29/h2-4,6-7,11-12,18-19,21H,1,5,8-10H2,(H,26,29)/t18-,19+,21+,23-/m0/s1. The van der Waals surface area contributed by atoms with Crippen molar-refractivity contribution in [1.29, 1.82) is 0 Å². The first-order chi connectivity index (χ1) is 15.4. The van der Waals surface area contributed by atoms with Crippen LogP contribution in [0.2, 0.25) is 0 Å². The second-order valence-corrected chi connectivity index (χ2v) is 10.0. The first-order valence-electron chi connectivity index (χ1n) is 10.4. The summed E-state index contributed by atoms with van der Waals surface area (Å²) in [5, 5.41) is 15.6. The summed E-state index contributed by atoms with van der Waals surface area (Å²) in [5.41, 5.74) is 0.849. The Morgan fingerprint density at radius 3 is 2.72 bits per heavy atom. The number of nitro groups is 1. The third-order valence-corrected chi connectivity index (χ3v) is 8.02. The number of hydrogen-bond donors (Lipinski definition) is 1. The van der Waals surface area contributed by atoms with E-state index >= 15 is 0 Å². The topological polar surface area (TPSA) is 84.7 Å². The zero-order chi connectivity index (χ0) is 22.6. The van der Waals surface area contributed by atoms with Crippen LogP contribution in [0.4, 0.5) is 5.69 Å². The number of carbonyl (C=O) groups excluding carboxylic acids is 1. The molecular weight excluding hydrogens is 542 g/mol. The van der Waals surface area contributed by atoms with Crippen molar-refractivity contribution in [2.24, 2.45) is 0 Å². The van der Waals surface area contributed by atoms with Crippen molar-refractivity contribution in [3.8, 4) is 5.75 Å². The monoisotopic (exact) mass is 561 g/mol. The molecule has 2 saturated heterocycles. The van der Waals surface area contributed by atoms with E-state index < -0.39 is 17.5 Å². The van der Waals surface area contributed by atoms with Gasteiger partial charge in [-0.1, -0.05) is 30.9 Å². The van der Waals surface area contributed by atoms with Gasteiger partial charge in [-0.3, -0.25) is 19.8 Å². The van der Waals surface area contributed by atoms with Crippen LogP contribution in [0.1, 0.15) is 29.9 Å². The van der Waals surface area contributed by atoms with Gasteiger partial charge < -0.3 is 10.1 Å². The molecule has 9 heteroatoms. The molecule has 0 bridgehead atoms.